The van der Waals surface area contributed by atoms with Crippen LogP contribution in [0.25, 0.3) is 0 Å². The van der Waals surface area contributed by atoms with Crippen LogP contribution in [-0.4, -0.2) is 17.9 Å². The average molecular weight is 238 g/mol. The number of hydrogen-bond donors (Lipinski definition) is 0. The van der Waals surface area contributed by atoms with Crippen molar-refractivity contribution in [2.24, 2.45) is 0 Å². The van der Waals surface area contributed by atoms with Crippen LogP contribution in [0.3, 0.4) is 0 Å². The van der Waals surface area contributed by atoms with Crippen LogP contribution < -0.4 is 0 Å². The lowest BCUT2D eigenvalue weighted by atomic mass is 10.0. The molecule has 0 aliphatic carbocycles. The SMILES string of the molecule is O=C(Cc1ccccc1)C(F)(F)C(F)(F)F. The lowest BCUT2D eigenvalue weighted by Gasteiger charge is -2.17. The Morgan fingerprint density at radius 1 is 1.00 bits per heavy atom. The first-order valence-corrected chi connectivity index (χ1v) is 4.27. The summed E-state index contributed by atoms with van der Waals surface area (Å²) in [4.78, 5) is 10.8. The van der Waals surface area contributed by atoms with Gasteiger partial charge in [-0.15, -0.1) is 0 Å². The maximum absolute atomic E-state index is 12.5. The Bertz CT molecular complexity index is 369. The minimum atomic E-state index is -5.83. The second-order valence-electron chi connectivity index (χ2n) is 3.16. The van der Waals surface area contributed by atoms with Gasteiger partial charge in [-0.3, -0.25) is 4.79 Å². The minimum Gasteiger partial charge on any atom is -0.292 e. The fourth-order valence-electron chi connectivity index (χ4n) is 1.05. The molecule has 16 heavy (non-hydrogen) atoms. The second kappa shape index (κ2) is 4.19. The van der Waals surface area contributed by atoms with Gasteiger partial charge in [0.25, 0.3) is 0 Å². The molecule has 0 saturated heterocycles. The van der Waals surface area contributed by atoms with Crippen LogP contribution in [-0.2, 0) is 11.2 Å². The summed E-state index contributed by atoms with van der Waals surface area (Å²) in [6.07, 6.45) is -6.77. The summed E-state index contributed by atoms with van der Waals surface area (Å²) in [5, 5.41) is 0. The fraction of sp³-hybridized carbons (Fsp3) is 0.300. The Morgan fingerprint density at radius 2 is 1.50 bits per heavy atom. The van der Waals surface area contributed by atoms with Crippen molar-refractivity contribution in [3.63, 3.8) is 0 Å². The first-order chi connectivity index (χ1) is 7.25. The minimum absolute atomic E-state index is 0.122. The van der Waals surface area contributed by atoms with Gasteiger partial charge in [0.15, 0.2) is 0 Å². The molecular formula is C10H7F5O. The number of alkyl halides is 5. The van der Waals surface area contributed by atoms with Crippen molar-refractivity contribution < 1.29 is 26.7 Å². The van der Waals surface area contributed by atoms with Gasteiger partial charge in [-0.25, -0.2) is 0 Å². The summed E-state index contributed by atoms with van der Waals surface area (Å²) >= 11 is 0. The van der Waals surface area contributed by atoms with Crippen molar-refractivity contribution in [3.8, 4) is 0 Å². The molecule has 1 rings (SSSR count). The lowest BCUT2D eigenvalue weighted by Crippen LogP contribution is -2.44. The summed E-state index contributed by atoms with van der Waals surface area (Å²) in [5.74, 6) is -7.44. The Kier molecular flexibility index (Phi) is 3.30. The van der Waals surface area contributed by atoms with E-state index in [1.54, 1.807) is 6.07 Å². The number of carbonyl (C=O) groups is 1. The third kappa shape index (κ3) is 2.56. The topological polar surface area (TPSA) is 17.1 Å². The van der Waals surface area contributed by atoms with Crippen LogP contribution in [0.2, 0.25) is 0 Å². The van der Waals surface area contributed by atoms with Gasteiger partial charge in [0, 0.05) is 6.42 Å². The quantitative estimate of drug-likeness (QED) is 0.740. The van der Waals surface area contributed by atoms with E-state index in [1.165, 1.54) is 24.3 Å². The number of ketones is 1. The number of rotatable bonds is 3. The Hall–Kier alpha value is -1.46. The van der Waals surface area contributed by atoms with Crippen LogP contribution in [0.15, 0.2) is 30.3 Å². The van der Waals surface area contributed by atoms with E-state index in [0.29, 0.717) is 0 Å². The number of hydrogen-bond acceptors (Lipinski definition) is 1. The normalized spacial score (nSPS) is 12.6. The van der Waals surface area contributed by atoms with Gasteiger partial charge in [-0.1, -0.05) is 30.3 Å². The summed E-state index contributed by atoms with van der Waals surface area (Å²) in [7, 11) is 0. The highest BCUT2D eigenvalue weighted by Crippen LogP contribution is 2.36. The first-order valence-electron chi connectivity index (χ1n) is 4.27. The molecule has 0 N–H and O–H groups in total. The average Bonchev–Trinajstić information content (AvgIpc) is 2.17. The fourth-order valence-corrected chi connectivity index (χ4v) is 1.05. The molecule has 0 bridgehead atoms. The summed E-state index contributed by atoms with van der Waals surface area (Å²) in [6.45, 7) is 0. The van der Waals surface area contributed by atoms with Crippen LogP contribution in [0.4, 0.5) is 22.0 Å². The molecule has 0 fully saturated rings. The molecule has 0 spiro atoms. The van der Waals surface area contributed by atoms with Crippen molar-refractivity contribution >= 4 is 5.78 Å². The van der Waals surface area contributed by atoms with Crippen LogP contribution in [0.5, 0.6) is 0 Å². The van der Waals surface area contributed by atoms with E-state index in [9.17, 15) is 26.7 Å². The molecule has 1 aromatic rings. The van der Waals surface area contributed by atoms with Gasteiger partial charge in [-0.2, -0.15) is 22.0 Å². The highest BCUT2D eigenvalue weighted by atomic mass is 19.4. The van der Waals surface area contributed by atoms with Gasteiger partial charge < -0.3 is 0 Å². The predicted molar refractivity (Wildman–Crippen MR) is 46.2 cm³/mol. The highest BCUT2D eigenvalue weighted by molar-refractivity contribution is 5.88. The molecule has 0 aliphatic heterocycles. The Balaban J connectivity index is 2.81. The molecule has 0 amide bonds. The zero-order valence-electron chi connectivity index (χ0n) is 7.89. The Labute approximate surface area is 87.9 Å². The monoisotopic (exact) mass is 238 g/mol. The summed E-state index contributed by atoms with van der Waals surface area (Å²) in [6, 6.07) is 7.09. The summed E-state index contributed by atoms with van der Waals surface area (Å²) < 4.78 is 60.5. The standard InChI is InChI=1S/C10H7F5O/c11-9(12,10(13,14)15)8(16)6-7-4-2-1-3-5-7/h1-5H,6H2. The molecule has 6 heteroatoms. The molecule has 0 saturated carbocycles. The summed E-state index contributed by atoms with van der Waals surface area (Å²) in [5.41, 5.74) is 0.122. The van der Waals surface area contributed by atoms with Gasteiger partial charge in [0.05, 0.1) is 0 Å². The molecule has 0 aromatic heterocycles. The van der Waals surface area contributed by atoms with Crippen molar-refractivity contribution in [1.82, 2.24) is 0 Å². The number of benzene rings is 1. The van der Waals surface area contributed by atoms with Crippen LogP contribution >= 0.6 is 0 Å². The van der Waals surface area contributed by atoms with E-state index >= 15 is 0 Å². The highest BCUT2D eigenvalue weighted by Gasteiger charge is 2.62. The van der Waals surface area contributed by atoms with E-state index < -0.39 is 24.3 Å². The van der Waals surface area contributed by atoms with E-state index in [-0.39, 0.29) is 5.56 Å². The zero-order valence-corrected chi connectivity index (χ0v) is 7.89. The van der Waals surface area contributed by atoms with Crippen molar-refractivity contribution in [2.45, 2.75) is 18.5 Å². The third-order valence-electron chi connectivity index (χ3n) is 1.91. The smallest absolute Gasteiger partial charge is 0.292 e. The number of halogens is 5. The van der Waals surface area contributed by atoms with Crippen molar-refractivity contribution in [1.29, 1.82) is 0 Å². The Morgan fingerprint density at radius 3 is 1.94 bits per heavy atom. The molecule has 1 aromatic carbocycles. The van der Waals surface area contributed by atoms with Gasteiger partial charge in [0.2, 0.25) is 5.78 Å². The zero-order chi connectivity index (χ0) is 12.4. The lowest BCUT2D eigenvalue weighted by molar-refractivity contribution is -0.268. The molecule has 1 nitrogen and oxygen atoms in total. The molecule has 0 atom stereocenters. The van der Waals surface area contributed by atoms with Crippen LogP contribution in [0, 0.1) is 0 Å². The first kappa shape index (κ1) is 12.6. The van der Waals surface area contributed by atoms with Gasteiger partial charge in [-0.05, 0) is 5.56 Å². The maximum atomic E-state index is 12.5. The molecule has 0 unspecified atom stereocenters. The second-order valence-corrected chi connectivity index (χ2v) is 3.16. The maximum Gasteiger partial charge on any atom is 0.461 e. The van der Waals surface area contributed by atoms with Gasteiger partial charge >= 0.3 is 12.1 Å². The molecule has 0 radical (unpaired) electrons. The van der Waals surface area contributed by atoms with Crippen LogP contribution in [0.1, 0.15) is 5.56 Å². The van der Waals surface area contributed by atoms with E-state index in [4.69, 9.17) is 0 Å². The van der Waals surface area contributed by atoms with E-state index in [2.05, 4.69) is 0 Å². The number of carbonyl (C=O) groups excluding carboxylic acids is 1. The van der Waals surface area contributed by atoms with Gasteiger partial charge in [0.1, 0.15) is 0 Å². The number of Topliss-reactive ketones (excluding diaryl/α,β-unsaturated/α-hetero) is 1. The van der Waals surface area contributed by atoms with Crippen molar-refractivity contribution in [3.05, 3.63) is 35.9 Å². The predicted octanol–water partition coefficient (Wildman–Crippen LogP) is 3.00. The third-order valence-corrected chi connectivity index (χ3v) is 1.91. The molecule has 88 valence electrons. The molecular weight excluding hydrogens is 231 g/mol. The largest absolute Gasteiger partial charge is 0.461 e. The van der Waals surface area contributed by atoms with Crippen molar-refractivity contribution in [2.75, 3.05) is 0 Å². The van der Waals surface area contributed by atoms with E-state index in [0.717, 1.165) is 0 Å². The molecule has 0 aliphatic rings. The van der Waals surface area contributed by atoms with E-state index in [1.807, 2.05) is 0 Å². The molecule has 0 heterocycles.